The summed E-state index contributed by atoms with van der Waals surface area (Å²) in [5.74, 6) is -0.299. The minimum absolute atomic E-state index is 0.299. The Morgan fingerprint density at radius 1 is 1.22 bits per heavy atom. The molecule has 2 nitrogen and oxygen atoms in total. The summed E-state index contributed by atoms with van der Waals surface area (Å²) in [5.41, 5.74) is 1.98. The average Bonchev–Trinajstić information content (AvgIpc) is 3.13. The molecule has 1 spiro atoms. The Morgan fingerprint density at radius 2 is 1.89 bits per heavy atom. The Hall–Kier alpha value is -0.830. The van der Waals surface area contributed by atoms with Gasteiger partial charge in [-0.05, 0) is 65.8 Å². The molecule has 1 aromatic rings. The average molecular weight is 356 g/mol. The number of piperidine rings is 1. The summed E-state index contributed by atoms with van der Waals surface area (Å²) in [5, 5.41) is 9.13. The smallest absolute Gasteiger partial charge is 0.137 e. The highest BCUT2D eigenvalue weighted by molar-refractivity contribution is 14.1. The van der Waals surface area contributed by atoms with Crippen LogP contribution in [-0.4, -0.2) is 13.1 Å². The van der Waals surface area contributed by atoms with Crippen molar-refractivity contribution in [3.8, 4) is 6.07 Å². The largest absolute Gasteiger partial charge is 0.370 e. The summed E-state index contributed by atoms with van der Waals surface area (Å²) in [4.78, 5) is 2.24. The van der Waals surface area contributed by atoms with E-state index in [-0.39, 0.29) is 5.82 Å². The van der Waals surface area contributed by atoms with Crippen LogP contribution in [0.3, 0.4) is 0 Å². The molecule has 1 aliphatic heterocycles. The van der Waals surface area contributed by atoms with Crippen LogP contribution in [0.25, 0.3) is 0 Å². The Balaban J connectivity index is 1.87. The Labute approximate surface area is 120 Å². The fourth-order valence-electron chi connectivity index (χ4n) is 2.79. The van der Waals surface area contributed by atoms with Gasteiger partial charge in [0.25, 0.3) is 0 Å². The maximum atomic E-state index is 13.5. The molecule has 1 saturated heterocycles. The molecular formula is C14H14FIN2. The zero-order chi connectivity index (χ0) is 12.8. The van der Waals surface area contributed by atoms with Crippen molar-refractivity contribution in [2.75, 3.05) is 18.0 Å². The number of rotatable bonds is 1. The number of halogens is 2. The van der Waals surface area contributed by atoms with Crippen LogP contribution in [0, 0.1) is 26.1 Å². The highest BCUT2D eigenvalue weighted by Crippen LogP contribution is 2.54. The summed E-state index contributed by atoms with van der Waals surface area (Å²) >= 11 is 1.99. The minimum atomic E-state index is -0.299. The van der Waals surface area contributed by atoms with E-state index in [1.54, 1.807) is 6.07 Å². The molecular weight excluding hydrogens is 342 g/mol. The van der Waals surface area contributed by atoms with Crippen molar-refractivity contribution in [1.82, 2.24) is 0 Å². The van der Waals surface area contributed by atoms with Crippen molar-refractivity contribution in [3.05, 3.63) is 27.1 Å². The summed E-state index contributed by atoms with van der Waals surface area (Å²) in [6.45, 7) is 1.99. The summed E-state index contributed by atoms with van der Waals surface area (Å²) < 4.78 is 14.1. The molecule has 1 heterocycles. The predicted molar refractivity (Wildman–Crippen MR) is 76.9 cm³/mol. The molecule has 0 amide bonds. The van der Waals surface area contributed by atoms with E-state index in [0.717, 1.165) is 18.8 Å². The zero-order valence-corrected chi connectivity index (χ0v) is 12.2. The van der Waals surface area contributed by atoms with Crippen LogP contribution in [0.5, 0.6) is 0 Å². The first-order valence-corrected chi connectivity index (χ1v) is 7.36. The van der Waals surface area contributed by atoms with Crippen molar-refractivity contribution >= 4 is 28.3 Å². The quantitative estimate of drug-likeness (QED) is 0.718. The Kier molecular flexibility index (Phi) is 2.97. The maximum absolute atomic E-state index is 13.5. The van der Waals surface area contributed by atoms with Gasteiger partial charge in [-0.25, -0.2) is 4.39 Å². The second kappa shape index (κ2) is 4.37. The number of benzene rings is 1. The van der Waals surface area contributed by atoms with Gasteiger partial charge in [0.05, 0.1) is 14.8 Å². The monoisotopic (exact) mass is 356 g/mol. The van der Waals surface area contributed by atoms with Crippen LogP contribution in [0.15, 0.2) is 12.1 Å². The second-order valence-electron chi connectivity index (χ2n) is 5.38. The number of anilines is 1. The van der Waals surface area contributed by atoms with Gasteiger partial charge in [-0.3, -0.25) is 0 Å². The van der Waals surface area contributed by atoms with Gasteiger partial charge in [0.15, 0.2) is 0 Å². The summed E-state index contributed by atoms with van der Waals surface area (Å²) in [6.07, 6.45) is 5.16. The topological polar surface area (TPSA) is 27.0 Å². The number of hydrogen-bond donors (Lipinski definition) is 0. The summed E-state index contributed by atoms with van der Waals surface area (Å²) in [7, 11) is 0. The molecule has 4 heteroatoms. The third kappa shape index (κ3) is 2.09. The third-order valence-corrected chi connectivity index (χ3v) is 5.11. The molecule has 0 atom stereocenters. The molecule has 3 rings (SSSR count). The normalized spacial score (nSPS) is 20.8. The van der Waals surface area contributed by atoms with Gasteiger partial charge in [0.1, 0.15) is 11.9 Å². The Morgan fingerprint density at radius 3 is 2.44 bits per heavy atom. The maximum Gasteiger partial charge on any atom is 0.137 e. The van der Waals surface area contributed by atoms with Crippen LogP contribution in [-0.2, 0) is 0 Å². The third-order valence-electron chi connectivity index (χ3n) is 4.28. The highest BCUT2D eigenvalue weighted by atomic mass is 127. The van der Waals surface area contributed by atoms with E-state index in [1.807, 2.05) is 22.6 Å². The van der Waals surface area contributed by atoms with Crippen LogP contribution in [0.4, 0.5) is 10.1 Å². The van der Waals surface area contributed by atoms with E-state index < -0.39 is 0 Å². The first kappa shape index (κ1) is 12.2. The lowest BCUT2D eigenvalue weighted by Crippen LogP contribution is -2.35. The van der Waals surface area contributed by atoms with Gasteiger partial charge >= 0.3 is 0 Å². The lowest BCUT2D eigenvalue weighted by molar-refractivity contribution is 0.384. The first-order chi connectivity index (χ1) is 8.63. The van der Waals surface area contributed by atoms with Gasteiger partial charge in [-0.15, -0.1) is 0 Å². The molecule has 2 aliphatic rings. The lowest BCUT2D eigenvalue weighted by Gasteiger charge is -2.34. The summed E-state index contributed by atoms with van der Waals surface area (Å²) in [6, 6.07) is 5.28. The van der Waals surface area contributed by atoms with Gasteiger partial charge in [0.2, 0.25) is 0 Å². The number of hydrogen-bond acceptors (Lipinski definition) is 2. The molecule has 2 fully saturated rings. The second-order valence-corrected chi connectivity index (χ2v) is 6.54. The van der Waals surface area contributed by atoms with Gasteiger partial charge in [-0.1, -0.05) is 0 Å². The van der Waals surface area contributed by atoms with E-state index in [9.17, 15) is 4.39 Å². The fraction of sp³-hybridized carbons (Fsp3) is 0.500. The van der Waals surface area contributed by atoms with Crippen LogP contribution in [0.2, 0.25) is 0 Å². The molecule has 0 aromatic heterocycles. The van der Waals surface area contributed by atoms with E-state index in [1.165, 1.54) is 31.7 Å². The number of nitrogens with zero attached hydrogens (tertiary/aromatic N) is 2. The van der Waals surface area contributed by atoms with E-state index in [2.05, 4.69) is 11.0 Å². The van der Waals surface area contributed by atoms with Gasteiger partial charge in [-0.2, -0.15) is 5.26 Å². The van der Waals surface area contributed by atoms with Crippen molar-refractivity contribution in [1.29, 1.82) is 5.26 Å². The van der Waals surface area contributed by atoms with Crippen molar-refractivity contribution in [2.45, 2.75) is 25.7 Å². The molecule has 18 heavy (non-hydrogen) atoms. The molecule has 0 radical (unpaired) electrons. The lowest BCUT2D eigenvalue weighted by atomic mass is 9.93. The van der Waals surface area contributed by atoms with Crippen molar-refractivity contribution in [3.63, 3.8) is 0 Å². The fourth-order valence-corrected chi connectivity index (χ4v) is 3.24. The molecule has 1 saturated carbocycles. The zero-order valence-electron chi connectivity index (χ0n) is 10.0. The predicted octanol–water partition coefficient (Wildman–Crippen LogP) is 3.68. The molecule has 0 N–H and O–H groups in total. The van der Waals surface area contributed by atoms with E-state index in [4.69, 9.17) is 5.26 Å². The van der Waals surface area contributed by atoms with Crippen LogP contribution in [0.1, 0.15) is 31.2 Å². The highest BCUT2D eigenvalue weighted by Gasteiger charge is 2.44. The molecule has 94 valence electrons. The van der Waals surface area contributed by atoms with Crippen molar-refractivity contribution < 1.29 is 4.39 Å². The minimum Gasteiger partial charge on any atom is -0.370 e. The SMILES string of the molecule is N#Cc1cc(F)c(I)cc1N1CCC2(CC1)CC2. The molecule has 1 aliphatic carbocycles. The standard InChI is InChI=1S/C14H14FIN2/c15-11-7-10(9-17)13(8-12(11)16)18-5-3-14(1-2-14)4-6-18/h7-8H,1-6H2. The van der Waals surface area contributed by atoms with E-state index >= 15 is 0 Å². The number of nitriles is 1. The van der Waals surface area contributed by atoms with Crippen molar-refractivity contribution in [2.24, 2.45) is 5.41 Å². The van der Waals surface area contributed by atoms with Crippen LogP contribution >= 0.6 is 22.6 Å². The molecule has 0 bridgehead atoms. The molecule has 1 aromatic carbocycles. The molecule has 0 unspecified atom stereocenters. The van der Waals surface area contributed by atoms with Gasteiger partial charge in [0, 0.05) is 13.1 Å². The van der Waals surface area contributed by atoms with Gasteiger partial charge < -0.3 is 4.90 Å². The first-order valence-electron chi connectivity index (χ1n) is 6.28. The van der Waals surface area contributed by atoms with E-state index in [0.29, 0.717) is 14.5 Å². The Bertz CT molecular complexity index is 521. The van der Waals surface area contributed by atoms with Crippen LogP contribution < -0.4 is 4.90 Å².